The van der Waals surface area contributed by atoms with Crippen LogP contribution in [0, 0.1) is 5.82 Å². The molecule has 0 aliphatic rings. The molecule has 0 saturated carbocycles. The minimum Gasteiger partial charge on any atom is -0.496 e. The molecule has 0 heterocycles. The van der Waals surface area contributed by atoms with Crippen molar-refractivity contribution >= 4 is 0 Å². The van der Waals surface area contributed by atoms with Crippen LogP contribution in [-0.4, -0.2) is 33.7 Å². The average Bonchev–Trinajstić information content (AvgIpc) is 2.39. The van der Waals surface area contributed by atoms with Gasteiger partial charge < -0.3 is 19.5 Å². The summed E-state index contributed by atoms with van der Waals surface area (Å²) in [6.07, 6.45) is -0.389. The Balaban J connectivity index is 2.86. The summed E-state index contributed by atoms with van der Waals surface area (Å²) in [5, 5.41) is 3.24. The van der Waals surface area contributed by atoms with Crippen LogP contribution < -0.4 is 10.1 Å². The molecule has 5 heteroatoms. The minimum absolute atomic E-state index is 0.0886. The van der Waals surface area contributed by atoms with Crippen LogP contribution in [0.3, 0.4) is 0 Å². The maximum atomic E-state index is 13.9. The van der Waals surface area contributed by atoms with Gasteiger partial charge in [-0.2, -0.15) is 0 Å². The third-order valence-corrected chi connectivity index (χ3v) is 3.05. The molecule has 0 fully saturated rings. The summed E-state index contributed by atoms with van der Waals surface area (Å²) in [6.45, 7) is 3.79. The first-order valence-electron chi connectivity index (χ1n) is 6.19. The standard InChI is InChI=1S/C14H22FNO3/c1-9(16-10(2)14(18-4)19-5)13-11(15)7-6-8-12(13)17-3/h6-10,14,16H,1-5H3. The molecule has 0 amide bonds. The normalized spacial score (nSPS) is 14.5. The van der Waals surface area contributed by atoms with E-state index in [0.29, 0.717) is 11.3 Å². The zero-order chi connectivity index (χ0) is 14.4. The molecule has 0 aliphatic heterocycles. The van der Waals surface area contributed by atoms with Gasteiger partial charge >= 0.3 is 0 Å². The number of rotatable bonds is 7. The zero-order valence-electron chi connectivity index (χ0n) is 12.1. The van der Waals surface area contributed by atoms with Gasteiger partial charge in [-0.25, -0.2) is 4.39 Å². The van der Waals surface area contributed by atoms with Gasteiger partial charge in [0.15, 0.2) is 6.29 Å². The van der Waals surface area contributed by atoms with Crippen molar-refractivity contribution in [3.63, 3.8) is 0 Å². The molecular formula is C14H22FNO3. The largest absolute Gasteiger partial charge is 0.496 e. The van der Waals surface area contributed by atoms with Gasteiger partial charge in [0.05, 0.1) is 13.2 Å². The molecule has 4 nitrogen and oxygen atoms in total. The van der Waals surface area contributed by atoms with E-state index >= 15 is 0 Å². The fourth-order valence-corrected chi connectivity index (χ4v) is 2.18. The van der Waals surface area contributed by atoms with E-state index in [-0.39, 0.29) is 24.2 Å². The van der Waals surface area contributed by atoms with E-state index in [2.05, 4.69) is 5.32 Å². The number of hydrogen-bond donors (Lipinski definition) is 1. The molecule has 1 aromatic carbocycles. The molecule has 108 valence electrons. The van der Waals surface area contributed by atoms with Crippen molar-refractivity contribution in [2.24, 2.45) is 0 Å². The van der Waals surface area contributed by atoms with Gasteiger partial charge in [-0.3, -0.25) is 0 Å². The highest BCUT2D eigenvalue weighted by Gasteiger charge is 2.22. The maximum absolute atomic E-state index is 13.9. The van der Waals surface area contributed by atoms with Crippen molar-refractivity contribution in [3.05, 3.63) is 29.6 Å². The number of ether oxygens (including phenoxy) is 3. The van der Waals surface area contributed by atoms with Crippen molar-refractivity contribution in [3.8, 4) is 5.75 Å². The second-order valence-corrected chi connectivity index (χ2v) is 4.37. The third-order valence-electron chi connectivity index (χ3n) is 3.05. The first-order valence-corrected chi connectivity index (χ1v) is 6.19. The van der Waals surface area contributed by atoms with Crippen molar-refractivity contribution in [2.75, 3.05) is 21.3 Å². The average molecular weight is 271 g/mol. The molecule has 2 atom stereocenters. The second kappa shape index (κ2) is 7.43. The molecule has 0 spiro atoms. The summed E-state index contributed by atoms with van der Waals surface area (Å²) in [4.78, 5) is 0. The van der Waals surface area contributed by atoms with Crippen LogP contribution in [-0.2, 0) is 9.47 Å². The van der Waals surface area contributed by atoms with Gasteiger partial charge in [0.25, 0.3) is 0 Å². The Kier molecular flexibility index (Phi) is 6.21. The van der Waals surface area contributed by atoms with Crippen LogP contribution in [0.1, 0.15) is 25.5 Å². The smallest absolute Gasteiger partial charge is 0.171 e. The highest BCUT2D eigenvalue weighted by atomic mass is 19.1. The number of methoxy groups -OCH3 is 3. The van der Waals surface area contributed by atoms with Crippen molar-refractivity contribution in [2.45, 2.75) is 32.2 Å². The molecule has 0 aromatic heterocycles. The minimum atomic E-state index is -0.389. The van der Waals surface area contributed by atoms with Gasteiger partial charge in [-0.15, -0.1) is 0 Å². The molecule has 19 heavy (non-hydrogen) atoms. The van der Waals surface area contributed by atoms with Crippen LogP contribution in [0.5, 0.6) is 5.75 Å². The Labute approximate surface area is 113 Å². The van der Waals surface area contributed by atoms with E-state index in [9.17, 15) is 4.39 Å². The number of halogens is 1. The highest BCUT2D eigenvalue weighted by Crippen LogP contribution is 2.28. The Morgan fingerprint density at radius 3 is 2.26 bits per heavy atom. The Bertz CT molecular complexity index is 396. The lowest BCUT2D eigenvalue weighted by atomic mass is 10.1. The fourth-order valence-electron chi connectivity index (χ4n) is 2.18. The van der Waals surface area contributed by atoms with Gasteiger partial charge in [-0.05, 0) is 26.0 Å². The quantitative estimate of drug-likeness (QED) is 0.773. The topological polar surface area (TPSA) is 39.7 Å². The van der Waals surface area contributed by atoms with Crippen LogP contribution in [0.25, 0.3) is 0 Å². The maximum Gasteiger partial charge on any atom is 0.171 e. The fraction of sp³-hybridized carbons (Fsp3) is 0.571. The summed E-state index contributed by atoms with van der Waals surface area (Å²) < 4.78 is 29.5. The van der Waals surface area contributed by atoms with E-state index < -0.39 is 0 Å². The summed E-state index contributed by atoms with van der Waals surface area (Å²) in [6, 6.07) is 4.48. The van der Waals surface area contributed by atoms with E-state index in [0.717, 1.165) is 0 Å². The number of hydrogen-bond acceptors (Lipinski definition) is 4. The van der Waals surface area contributed by atoms with E-state index in [4.69, 9.17) is 14.2 Å². The summed E-state index contributed by atoms with van der Waals surface area (Å²) in [5.74, 6) is 0.233. The highest BCUT2D eigenvalue weighted by molar-refractivity contribution is 5.36. The zero-order valence-corrected chi connectivity index (χ0v) is 12.1. The predicted molar refractivity (Wildman–Crippen MR) is 71.8 cm³/mol. The van der Waals surface area contributed by atoms with Gasteiger partial charge in [0.1, 0.15) is 11.6 Å². The molecule has 1 aromatic rings. The monoisotopic (exact) mass is 271 g/mol. The third kappa shape index (κ3) is 3.89. The van der Waals surface area contributed by atoms with E-state index in [1.165, 1.54) is 13.2 Å². The van der Waals surface area contributed by atoms with Gasteiger partial charge in [0.2, 0.25) is 0 Å². The second-order valence-electron chi connectivity index (χ2n) is 4.37. The molecule has 2 unspecified atom stereocenters. The van der Waals surface area contributed by atoms with Crippen molar-refractivity contribution < 1.29 is 18.6 Å². The predicted octanol–water partition coefficient (Wildman–Crippen LogP) is 2.49. The van der Waals surface area contributed by atoms with Crippen LogP contribution in [0.15, 0.2) is 18.2 Å². The molecule has 0 bridgehead atoms. The summed E-state index contributed by atoms with van der Waals surface area (Å²) in [5.41, 5.74) is 0.503. The van der Waals surface area contributed by atoms with Gasteiger partial charge in [0, 0.05) is 25.8 Å². The van der Waals surface area contributed by atoms with E-state index in [1.54, 1.807) is 26.4 Å². The van der Waals surface area contributed by atoms with Crippen molar-refractivity contribution in [1.82, 2.24) is 5.32 Å². The Morgan fingerprint density at radius 1 is 1.11 bits per heavy atom. The Morgan fingerprint density at radius 2 is 1.74 bits per heavy atom. The molecular weight excluding hydrogens is 249 g/mol. The molecule has 1 rings (SSSR count). The van der Waals surface area contributed by atoms with Crippen molar-refractivity contribution in [1.29, 1.82) is 0 Å². The summed E-state index contributed by atoms with van der Waals surface area (Å²) >= 11 is 0. The Hall–Kier alpha value is -1.17. The summed E-state index contributed by atoms with van der Waals surface area (Å²) in [7, 11) is 4.67. The van der Waals surface area contributed by atoms with Crippen LogP contribution >= 0.6 is 0 Å². The van der Waals surface area contributed by atoms with E-state index in [1.807, 2.05) is 13.8 Å². The number of benzene rings is 1. The molecule has 1 N–H and O–H groups in total. The molecule has 0 radical (unpaired) electrons. The SMILES string of the molecule is COc1cccc(F)c1C(C)NC(C)C(OC)OC. The first-order chi connectivity index (χ1) is 9.04. The lowest BCUT2D eigenvalue weighted by molar-refractivity contribution is -0.120. The lowest BCUT2D eigenvalue weighted by Gasteiger charge is -2.26. The number of nitrogens with one attached hydrogen (secondary N) is 1. The van der Waals surface area contributed by atoms with Gasteiger partial charge in [-0.1, -0.05) is 6.07 Å². The molecule has 0 aliphatic carbocycles. The lowest BCUT2D eigenvalue weighted by Crippen LogP contribution is -2.41. The molecule has 0 saturated heterocycles. The van der Waals surface area contributed by atoms with Crippen LogP contribution in [0.4, 0.5) is 4.39 Å². The first kappa shape index (κ1) is 15.9. The van der Waals surface area contributed by atoms with Crippen LogP contribution in [0.2, 0.25) is 0 Å².